The molecule has 9 rings (SSSR count). The fourth-order valence-electron chi connectivity index (χ4n) is 8.99. The second-order valence-electron chi connectivity index (χ2n) is 14.9. The second kappa shape index (κ2) is 20.8. The molecular weight excluding hydrogens is 760 g/mol. The molecule has 0 aromatic heterocycles. The first-order valence-electron chi connectivity index (χ1n) is 20.0. The van der Waals surface area contributed by atoms with Gasteiger partial charge in [0.2, 0.25) is 0 Å². The molecule has 0 bridgehead atoms. The van der Waals surface area contributed by atoms with Crippen LogP contribution >= 0.6 is 0 Å². The zero-order valence-corrected chi connectivity index (χ0v) is 35.3. The third kappa shape index (κ3) is 9.15. The summed E-state index contributed by atoms with van der Waals surface area (Å²) in [6.07, 6.45) is 13.6. The molecular formula is C54H52O4Ti. The Morgan fingerprint density at radius 2 is 0.712 bits per heavy atom. The molecule has 3 aliphatic rings. The molecule has 6 aromatic rings. The second-order valence-corrected chi connectivity index (χ2v) is 14.9. The van der Waals surface area contributed by atoms with Gasteiger partial charge in [-0.25, -0.2) is 12.0 Å². The van der Waals surface area contributed by atoms with Crippen LogP contribution in [0.5, 0.6) is 0 Å². The predicted octanol–water partition coefficient (Wildman–Crippen LogP) is 12.6. The molecule has 0 unspecified atom stereocenters. The van der Waals surface area contributed by atoms with Crippen molar-refractivity contribution in [3.63, 3.8) is 0 Å². The van der Waals surface area contributed by atoms with Gasteiger partial charge in [-0.3, -0.25) is 9.59 Å². The van der Waals surface area contributed by atoms with Crippen molar-refractivity contribution in [1.29, 1.82) is 0 Å². The van der Waals surface area contributed by atoms with Crippen LogP contribution in [0.2, 0.25) is 0 Å². The third-order valence-corrected chi connectivity index (χ3v) is 11.6. The minimum atomic E-state index is -1.20. The van der Waals surface area contributed by atoms with E-state index in [1.54, 1.807) is 22.3 Å². The summed E-state index contributed by atoms with van der Waals surface area (Å²) < 4.78 is 0. The van der Waals surface area contributed by atoms with E-state index in [-0.39, 0.29) is 29.1 Å². The van der Waals surface area contributed by atoms with Gasteiger partial charge in [0.25, 0.3) is 0 Å². The Kier molecular flexibility index (Phi) is 15.7. The molecule has 0 spiro atoms. The van der Waals surface area contributed by atoms with Gasteiger partial charge in [0, 0.05) is 0 Å². The molecule has 0 saturated carbocycles. The Hall–Kier alpha value is -5.68. The first-order valence-corrected chi connectivity index (χ1v) is 20.0. The fraction of sp³-hybridized carbons (Fsp3) is 0.185. The van der Waals surface area contributed by atoms with Crippen LogP contribution in [-0.4, -0.2) is 22.2 Å². The van der Waals surface area contributed by atoms with E-state index in [0.717, 1.165) is 33.4 Å². The Morgan fingerprint density at radius 3 is 1.02 bits per heavy atom. The summed E-state index contributed by atoms with van der Waals surface area (Å²) in [5.41, 5.74) is 9.15. The van der Waals surface area contributed by atoms with Crippen LogP contribution in [-0.2, 0) is 42.1 Å². The van der Waals surface area contributed by atoms with Gasteiger partial charge in [-0.15, -0.1) is 12.0 Å². The zero-order chi connectivity index (χ0) is 39.5. The van der Waals surface area contributed by atoms with Crippen molar-refractivity contribution in [3.05, 3.63) is 252 Å². The molecule has 0 saturated heterocycles. The Bertz CT molecular complexity index is 1940. The minimum absolute atomic E-state index is 0. The van der Waals surface area contributed by atoms with Gasteiger partial charge < -0.3 is 17.6 Å². The normalized spacial score (nSPS) is 14.2. The zero-order valence-electron chi connectivity index (χ0n) is 33.8. The van der Waals surface area contributed by atoms with E-state index in [0.29, 0.717) is 0 Å². The third-order valence-electron chi connectivity index (χ3n) is 11.6. The van der Waals surface area contributed by atoms with Crippen molar-refractivity contribution in [2.24, 2.45) is 0 Å². The first-order chi connectivity index (χ1) is 28.0. The largest absolute Gasteiger partial charge is 2.00 e. The van der Waals surface area contributed by atoms with Gasteiger partial charge in [-0.05, 0) is 59.1 Å². The topological polar surface area (TPSA) is 74.6 Å². The molecule has 59 heavy (non-hydrogen) atoms. The van der Waals surface area contributed by atoms with E-state index in [2.05, 4.69) is 6.42 Å². The molecule has 0 radical (unpaired) electrons. The molecule has 0 atom stereocenters. The molecule has 3 aliphatic carbocycles. The number of hydrogen-bond acceptors (Lipinski definition) is 2. The van der Waals surface area contributed by atoms with E-state index in [9.17, 15) is 19.8 Å². The molecule has 5 heteroatoms. The van der Waals surface area contributed by atoms with E-state index < -0.39 is 22.8 Å². The smallest absolute Gasteiger partial charge is 0.480 e. The average Bonchev–Trinajstić information content (AvgIpc) is 3.66. The van der Waals surface area contributed by atoms with Crippen LogP contribution in [0.1, 0.15) is 84.7 Å². The first kappa shape index (κ1) is 44.4. The van der Waals surface area contributed by atoms with Crippen molar-refractivity contribution < 1.29 is 41.5 Å². The van der Waals surface area contributed by atoms with Gasteiger partial charge in [0.15, 0.2) is 0 Å². The number of fused-ring (bicyclic) bond motifs is 1. The summed E-state index contributed by atoms with van der Waals surface area (Å²) in [6, 6.07) is 56.3. The minimum Gasteiger partial charge on any atom is -0.480 e. The van der Waals surface area contributed by atoms with E-state index in [1.807, 2.05) is 182 Å². The number of allylic oxidation sites excluding steroid dienone is 4. The Labute approximate surface area is 365 Å². The van der Waals surface area contributed by atoms with Gasteiger partial charge in [0.05, 0.1) is 0 Å². The number of hydrogen-bond donors (Lipinski definition) is 2. The van der Waals surface area contributed by atoms with E-state index >= 15 is 0 Å². The maximum absolute atomic E-state index is 12.4. The number of benzene rings is 6. The summed E-state index contributed by atoms with van der Waals surface area (Å²) in [5.74, 6) is -1.76. The SMILES string of the molecule is O=C(O)C(c1ccccc1)(c1ccccc1)c1ccccc1.O=C(O)C(c1ccccc1)(c1ccccc1)c1ccccc1.[CH-]1CCCC2=C1CC1=C2CCCC1.[CH3-].[Ti+2]. The number of carboxylic acid groups (broad SMARTS) is 2. The molecule has 0 fully saturated rings. The van der Waals surface area contributed by atoms with Gasteiger partial charge in [-0.2, -0.15) is 5.57 Å². The molecule has 0 aliphatic heterocycles. The Morgan fingerprint density at radius 1 is 0.424 bits per heavy atom. The van der Waals surface area contributed by atoms with Crippen molar-refractivity contribution in [3.8, 4) is 0 Å². The van der Waals surface area contributed by atoms with Gasteiger partial charge in [-0.1, -0.05) is 207 Å². The maximum atomic E-state index is 12.4. The summed E-state index contributed by atoms with van der Waals surface area (Å²) >= 11 is 0. The number of rotatable bonds is 8. The van der Waals surface area contributed by atoms with Crippen LogP contribution < -0.4 is 0 Å². The molecule has 0 heterocycles. The summed E-state index contributed by atoms with van der Waals surface area (Å²) in [6.45, 7) is 0. The number of aliphatic carboxylic acids is 2. The Balaban J connectivity index is 0.000000170. The summed E-state index contributed by atoms with van der Waals surface area (Å²) in [5, 5.41) is 20.4. The molecule has 296 valence electrons. The van der Waals surface area contributed by atoms with Crippen LogP contribution in [0.4, 0.5) is 0 Å². The number of carboxylic acids is 2. The van der Waals surface area contributed by atoms with Crippen LogP contribution in [0.3, 0.4) is 0 Å². The van der Waals surface area contributed by atoms with E-state index in [1.165, 1.54) is 51.4 Å². The van der Waals surface area contributed by atoms with Crippen molar-refractivity contribution >= 4 is 11.9 Å². The average molecular weight is 813 g/mol. The van der Waals surface area contributed by atoms with Crippen molar-refractivity contribution in [2.75, 3.05) is 0 Å². The predicted molar refractivity (Wildman–Crippen MR) is 235 cm³/mol. The molecule has 0 amide bonds. The van der Waals surface area contributed by atoms with Crippen molar-refractivity contribution in [1.82, 2.24) is 0 Å². The summed E-state index contributed by atoms with van der Waals surface area (Å²) in [7, 11) is 0. The number of carbonyl (C=O) groups is 2. The standard InChI is InChI=1S/2C20H16O2.C13H17.CH3.Ti/c2*21-19(22)20(16-10-4-1-5-11-16,17-12-6-2-7-13-17)18-14-8-3-9-15-18;1-3-7-12-10(5-1)9-11-6-2-4-8-13(11)12;;/h2*1-15H,(H,21,22);5H,1-4,6-9H2;1H3;/q;;2*-1;+2. The van der Waals surface area contributed by atoms with Gasteiger partial charge >= 0.3 is 33.7 Å². The summed E-state index contributed by atoms with van der Waals surface area (Å²) in [4.78, 5) is 24.8. The van der Waals surface area contributed by atoms with Crippen molar-refractivity contribution in [2.45, 2.75) is 62.2 Å². The molecule has 6 aromatic carbocycles. The van der Waals surface area contributed by atoms with E-state index in [4.69, 9.17) is 0 Å². The quantitative estimate of drug-likeness (QED) is 0.0912. The monoisotopic (exact) mass is 812 g/mol. The molecule has 4 nitrogen and oxygen atoms in total. The fourth-order valence-corrected chi connectivity index (χ4v) is 8.99. The van der Waals surface area contributed by atoms with Gasteiger partial charge in [0.1, 0.15) is 10.8 Å². The molecule has 2 N–H and O–H groups in total. The van der Waals surface area contributed by atoms with Crippen LogP contribution in [0.15, 0.2) is 204 Å². The maximum Gasteiger partial charge on any atom is 2.00 e. The van der Waals surface area contributed by atoms with Crippen LogP contribution in [0.25, 0.3) is 0 Å². The van der Waals surface area contributed by atoms with Crippen LogP contribution in [0, 0.1) is 13.8 Å².